The molecule has 30 heavy (non-hydrogen) atoms. The van der Waals surface area contributed by atoms with Gasteiger partial charge in [-0.3, -0.25) is 4.79 Å². The van der Waals surface area contributed by atoms with E-state index < -0.39 is 0 Å². The van der Waals surface area contributed by atoms with E-state index in [1.165, 1.54) is 12.1 Å². The zero-order valence-electron chi connectivity index (χ0n) is 17.4. The summed E-state index contributed by atoms with van der Waals surface area (Å²) in [6.07, 6.45) is 4.34. The predicted octanol–water partition coefficient (Wildman–Crippen LogP) is 5.22. The molecule has 2 bridgehead atoms. The Kier molecular flexibility index (Phi) is 6.16. The average Bonchev–Trinajstić information content (AvgIpc) is 2.73. The number of nitrogens with zero attached hydrogens (tertiary/aromatic N) is 1. The van der Waals surface area contributed by atoms with Gasteiger partial charge in [0.1, 0.15) is 18.2 Å². The fourth-order valence-corrected chi connectivity index (χ4v) is 4.93. The van der Waals surface area contributed by atoms with E-state index in [9.17, 15) is 14.0 Å². The normalized spacial score (nSPS) is 23.1. The number of hydrogen-bond donors (Lipinski definition) is 0. The van der Waals surface area contributed by atoms with Crippen molar-refractivity contribution >= 4 is 11.9 Å². The lowest BCUT2D eigenvalue weighted by Gasteiger charge is -2.47. The Morgan fingerprint density at radius 2 is 1.77 bits per heavy atom. The van der Waals surface area contributed by atoms with Crippen molar-refractivity contribution in [3.8, 4) is 0 Å². The van der Waals surface area contributed by atoms with Gasteiger partial charge in [0.15, 0.2) is 0 Å². The van der Waals surface area contributed by atoms with Gasteiger partial charge < -0.3 is 9.64 Å². The van der Waals surface area contributed by atoms with Crippen molar-refractivity contribution in [1.29, 1.82) is 0 Å². The number of Topliss-reactive ketones (excluding diaryl/α,β-unsaturated/α-hetero) is 1. The van der Waals surface area contributed by atoms with Crippen LogP contribution in [0.3, 0.4) is 0 Å². The molecule has 0 radical (unpaired) electrons. The number of piperidine rings is 2. The second-order valence-corrected chi connectivity index (χ2v) is 8.57. The van der Waals surface area contributed by atoms with Gasteiger partial charge in [0.25, 0.3) is 0 Å². The van der Waals surface area contributed by atoms with Crippen LogP contribution < -0.4 is 0 Å². The van der Waals surface area contributed by atoms with Gasteiger partial charge in [-0.25, -0.2) is 9.18 Å². The van der Waals surface area contributed by atoms with Gasteiger partial charge in [-0.1, -0.05) is 36.4 Å². The van der Waals surface area contributed by atoms with Crippen molar-refractivity contribution in [2.75, 3.05) is 0 Å². The van der Waals surface area contributed by atoms with Crippen LogP contribution in [0.25, 0.3) is 0 Å². The van der Waals surface area contributed by atoms with Crippen molar-refractivity contribution in [2.45, 2.75) is 64.1 Å². The van der Waals surface area contributed by atoms with E-state index in [1.54, 1.807) is 6.07 Å². The molecule has 2 heterocycles. The second kappa shape index (κ2) is 8.99. The van der Waals surface area contributed by atoms with E-state index >= 15 is 0 Å². The minimum atomic E-state index is -0.277. The Bertz CT molecular complexity index is 900. The molecule has 4 rings (SSSR count). The number of aryl methyl sites for hydroxylation is 1. The van der Waals surface area contributed by atoms with E-state index in [1.807, 2.05) is 42.2 Å². The molecular weight excluding hydrogens is 381 g/mol. The molecule has 0 spiro atoms. The third-order valence-corrected chi connectivity index (χ3v) is 6.52. The molecule has 158 valence electrons. The van der Waals surface area contributed by atoms with E-state index in [-0.39, 0.29) is 42.3 Å². The van der Waals surface area contributed by atoms with Crippen LogP contribution in [0.5, 0.6) is 0 Å². The van der Waals surface area contributed by atoms with Gasteiger partial charge in [0, 0.05) is 24.4 Å². The Hall–Kier alpha value is -2.69. The molecule has 2 atom stereocenters. The van der Waals surface area contributed by atoms with E-state index in [0.717, 1.165) is 36.0 Å². The van der Waals surface area contributed by atoms with Gasteiger partial charge >= 0.3 is 6.09 Å². The molecule has 1 amide bonds. The molecule has 4 nitrogen and oxygen atoms in total. The van der Waals surface area contributed by atoms with Crippen LogP contribution >= 0.6 is 0 Å². The number of benzene rings is 2. The number of carbonyl (C=O) groups is 2. The standard InChI is InChI=1S/C25H28FNO3/c1-17-12-21(26)11-10-19(17)15-24(28)20-13-22-8-5-9-23(14-20)27(22)25(29)30-16-18-6-3-2-4-7-18/h2-4,6-7,10-12,20,22-23H,5,8-9,13-16H2,1H3. The minimum absolute atomic E-state index is 0.0528. The maximum absolute atomic E-state index is 13.4. The fraction of sp³-hybridized carbons (Fsp3) is 0.440. The van der Waals surface area contributed by atoms with Crippen LogP contribution in [-0.2, 0) is 22.6 Å². The predicted molar refractivity (Wildman–Crippen MR) is 112 cm³/mol. The molecule has 2 aromatic carbocycles. The Morgan fingerprint density at radius 1 is 1.07 bits per heavy atom. The maximum atomic E-state index is 13.4. The van der Waals surface area contributed by atoms with Crippen LogP contribution in [0.1, 0.15) is 48.8 Å². The van der Waals surface area contributed by atoms with Crippen LogP contribution in [0.2, 0.25) is 0 Å². The van der Waals surface area contributed by atoms with Gasteiger partial charge in [-0.05, 0) is 67.9 Å². The van der Waals surface area contributed by atoms with Crippen molar-refractivity contribution in [3.05, 3.63) is 71.0 Å². The highest BCUT2D eigenvalue weighted by Crippen LogP contribution is 2.38. The lowest BCUT2D eigenvalue weighted by molar-refractivity contribution is -0.126. The quantitative estimate of drug-likeness (QED) is 0.681. The van der Waals surface area contributed by atoms with Crippen molar-refractivity contribution in [2.24, 2.45) is 5.92 Å². The molecule has 2 saturated heterocycles. The highest BCUT2D eigenvalue weighted by atomic mass is 19.1. The molecule has 0 saturated carbocycles. The largest absolute Gasteiger partial charge is 0.445 e. The van der Waals surface area contributed by atoms with Gasteiger partial charge in [-0.15, -0.1) is 0 Å². The number of amides is 1. The summed E-state index contributed by atoms with van der Waals surface area (Å²) in [6.45, 7) is 2.10. The number of fused-ring (bicyclic) bond motifs is 2. The third kappa shape index (κ3) is 4.55. The summed E-state index contributed by atoms with van der Waals surface area (Å²) < 4.78 is 18.9. The molecule has 2 unspecified atom stereocenters. The van der Waals surface area contributed by atoms with E-state index in [2.05, 4.69) is 0 Å². The summed E-state index contributed by atoms with van der Waals surface area (Å²) in [6, 6.07) is 14.4. The van der Waals surface area contributed by atoms with Crippen molar-refractivity contribution in [1.82, 2.24) is 4.90 Å². The van der Waals surface area contributed by atoms with Crippen molar-refractivity contribution in [3.63, 3.8) is 0 Å². The first kappa shape index (κ1) is 20.6. The summed E-state index contributed by atoms with van der Waals surface area (Å²) in [5.74, 6) is -0.137. The Morgan fingerprint density at radius 3 is 2.43 bits per heavy atom. The fourth-order valence-electron chi connectivity index (χ4n) is 4.93. The lowest BCUT2D eigenvalue weighted by atomic mass is 9.76. The summed E-state index contributed by atoms with van der Waals surface area (Å²) in [5.41, 5.74) is 2.66. The summed E-state index contributed by atoms with van der Waals surface area (Å²) >= 11 is 0. The number of ketones is 1. The molecule has 2 aliphatic rings. The zero-order valence-corrected chi connectivity index (χ0v) is 17.4. The zero-order chi connectivity index (χ0) is 21.1. The molecule has 2 aromatic rings. The Balaban J connectivity index is 1.39. The minimum Gasteiger partial charge on any atom is -0.445 e. The molecule has 0 aliphatic carbocycles. The van der Waals surface area contributed by atoms with Crippen molar-refractivity contribution < 1.29 is 18.7 Å². The molecular formula is C25H28FNO3. The highest BCUT2D eigenvalue weighted by Gasteiger charge is 2.43. The number of rotatable bonds is 5. The van der Waals surface area contributed by atoms with Crippen LogP contribution in [0.15, 0.2) is 48.5 Å². The van der Waals surface area contributed by atoms with Crippen LogP contribution in [-0.4, -0.2) is 28.9 Å². The average molecular weight is 410 g/mol. The monoisotopic (exact) mass is 409 g/mol. The van der Waals surface area contributed by atoms with Crippen LogP contribution in [0.4, 0.5) is 9.18 Å². The molecule has 2 fully saturated rings. The third-order valence-electron chi connectivity index (χ3n) is 6.52. The van der Waals surface area contributed by atoms with Gasteiger partial charge in [-0.2, -0.15) is 0 Å². The first-order valence-electron chi connectivity index (χ1n) is 10.8. The van der Waals surface area contributed by atoms with Gasteiger partial charge in [0.05, 0.1) is 0 Å². The molecule has 0 aromatic heterocycles. The highest BCUT2D eigenvalue weighted by molar-refractivity contribution is 5.84. The number of ether oxygens (including phenoxy) is 1. The smallest absolute Gasteiger partial charge is 0.410 e. The first-order valence-corrected chi connectivity index (χ1v) is 10.8. The SMILES string of the molecule is Cc1cc(F)ccc1CC(=O)C1CC2CCCC(C1)N2C(=O)OCc1ccccc1. The summed E-state index contributed by atoms with van der Waals surface area (Å²) in [4.78, 5) is 27.7. The summed E-state index contributed by atoms with van der Waals surface area (Å²) in [5, 5.41) is 0. The van der Waals surface area contributed by atoms with E-state index in [4.69, 9.17) is 4.74 Å². The maximum Gasteiger partial charge on any atom is 0.410 e. The van der Waals surface area contributed by atoms with Gasteiger partial charge in [0.2, 0.25) is 0 Å². The second-order valence-electron chi connectivity index (χ2n) is 8.57. The van der Waals surface area contributed by atoms with Crippen LogP contribution in [0, 0.1) is 18.7 Å². The molecule has 2 aliphatic heterocycles. The topological polar surface area (TPSA) is 46.6 Å². The Labute approximate surface area is 177 Å². The summed E-state index contributed by atoms with van der Waals surface area (Å²) in [7, 11) is 0. The first-order chi connectivity index (χ1) is 14.5. The van der Waals surface area contributed by atoms with E-state index in [0.29, 0.717) is 19.3 Å². The lowest BCUT2D eigenvalue weighted by Crippen LogP contribution is -2.55. The molecule has 0 N–H and O–H groups in total. The molecule has 5 heteroatoms. The number of hydrogen-bond acceptors (Lipinski definition) is 3. The number of halogens is 1. The number of carbonyl (C=O) groups excluding carboxylic acids is 2.